The highest BCUT2D eigenvalue weighted by Gasteiger charge is 2.36. The molecule has 1 aromatic heterocycles. The minimum Gasteiger partial charge on any atom is -0.299 e. The molecule has 1 atom stereocenters. The Balaban J connectivity index is 2.12. The molecule has 1 unspecified atom stereocenters. The Bertz CT molecular complexity index is 689. The first kappa shape index (κ1) is 13.1. The van der Waals surface area contributed by atoms with Crippen molar-refractivity contribution in [3.8, 4) is 0 Å². The molecule has 0 N–H and O–H groups in total. The van der Waals surface area contributed by atoms with Gasteiger partial charge in [0, 0.05) is 16.7 Å². The molecule has 2 heterocycles. The molecule has 0 bridgehead atoms. The van der Waals surface area contributed by atoms with Gasteiger partial charge in [-0.05, 0) is 24.1 Å². The highest BCUT2D eigenvalue weighted by Crippen LogP contribution is 2.40. The summed E-state index contributed by atoms with van der Waals surface area (Å²) in [5.41, 5.74) is 1.97. The van der Waals surface area contributed by atoms with Gasteiger partial charge in [-0.15, -0.1) is 0 Å². The molecule has 1 aromatic carbocycles. The maximum absolute atomic E-state index is 13.4. The Morgan fingerprint density at radius 3 is 2.85 bits per heavy atom. The van der Waals surface area contributed by atoms with Crippen molar-refractivity contribution < 1.29 is 9.18 Å². The molecule has 20 heavy (non-hydrogen) atoms. The number of hydrogen-bond donors (Lipinski definition) is 0. The summed E-state index contributed by atoms with van der Waals surface area (Å²) in [7, 11) is 0. The summed E-state index contributed by atoms with van der Waals surface area (Å²) >= 11 is 5.96. The number of carbonyl (C=O) groups excluding carboxylic acids is 1. The number of pyridine rings is 1. The third-order valence-electron chi connectivity index (χ3n) is 3.49. The van der Waals surface area contributed by atoms with Gasteiger partial charge in [-0.3, -0.25) is 14.7 Å². The summed E-state index contributed by atoms with van der Waals surface area (Å²) in [6.45, 7) is 1.99. The third kappa shape index (κ3) is 1.96. The van der Waals surface area contributed by atoms with Gasteiger partial charge in [0.1, 0.15) is 5.82 Å². The summed E-state index contributed by atoms with van der Waals surface area (Å²) in [6, 6.07) is 6.49. The van der Waals surface area contributed by atoms with E-state index in [4.69, 9.17) is 11.6 Å². The number of carbonyl (C=O) groups is 1. The fourth-order valence-electron chi connectivity index (χ4n) is 2.65. The van der Waals surface area contributed by atoms with E-state index in [0.29, 0.717) is 16.3 Å². The van der Waals surface area contributed by atoms with Crippen molar-refractivity contribution in [2.24, 2.45) is 0 Å². The predicted molar refractivity (Wildman–Crippen MR) is 75.5 cm³/mol. The summed E-state index contributed by atoms with van der Waals surface area (Å²) in [5, 5.41) is 0.520. The third-order valence-corrected chi connectivity index (χ3v) is 3.73. The molecule has 0 radical (unpaired) electrons. The van der Waals surface area contributed by atoms with E-state index in [-0.39, 0.29) is 11.9 Å². The molecule has 0 spiro atoms. The molecule has 1 aliphatic rings. The number of fused-ring (bicyclic) bond motifs is 1. The van der Waals surface area contributed by atoms with Crippen molar-refractivity contribution in [3.63, 3.8) is 0 Å². The first-order valence-electron chi connectivity index (χ1n) is 6.35. The van der Waals surface area contributed by atoms with Crippen LogP contribution in [-0.4, -0.2) is 10.9 Å². The van der Waals surface area contributed by atoms with Crippen molar-refractivity contribution in [1.29, 1.82) is 0 Å². The van der Waals surface area contributed by atoms with Crippen molar-refractivity contribution in [3.05, 3.63) is 58.6 Å². The van der Waals surface area contributed by atoms with E-state index in [9.17, 15) is 9.18 Å². The number of anilines is 1. The number of halogens is 2. The van der Waals surface area contributed by atoms with E-state index >= 15 is 0 Å². The number of hydrogen-bond acceptors (Lipinski definition) is 2. The molecule has 0 fully saturated rings. The minimum atomic E-state index is -0.459. The van der Waals surface area contributed by atoms with Crippen LogP contribution in [0.2, 0.25) is 5.02 Å². The first-order chi connectivity index (χ1) is 9.61. The van der Waals surface area contributed by atoms with Crippen LogP contribution in [0.4, 0.5) is 10.1 Å². The van der Waals surface area contributed by atoms with E-state index in [0.717, 1.165) is 18.2 Å². The van der Waals surface area contributed by atoms with Crippen LogP contribution in [0, 0.1) is 5.82 Å². The predicted octanol–water partition coefficient (Wildman–Crippen LogP) is 3.99. The lowest BCUT2D eigenvalue weighted by atomic mass is 10.0. The Morgan fingerprint density at radius 2 is 2.15 bits per heavy atom. The lowest BCUT2D eigenvalue weighted by Gasteiger charge is -2.24. The highest BCUT2D eigenvalue weighted by molar-refractivity contribution is 6.31. The SMILES string of the molecule is CCC1c2ccc(Cl)cc2C(=O)N1c1cncc(F)c1. The molecule has 1 amide bonds. The molecule has 3 rings (SSSR count). The molecule has 5 heteroatoms. The quantitative estimate of drug-likeness (QED) is 0.838. The van der Waals surface area contributed by atoms with Crippen LogP contribution >= 0.6 is 11.6 Å². The molecular formula is C15H12ClFN2O. The second-order valence-electron chi connectivity index (χ2n) is 4.69. The van der Waals surface area contributed by atoms with Crippen LogP contribution in [0.5, 0.6) is 0 Å². The standard InChI is InChI=1S/C15H12ClFN2O/c1-2-14-12-4-3-9(16)5-13(12)15(20)19(14)11-6-10(17)7-18-8-11/h3-8,14H,2H2,1H3. The summed E-state index contributed by atoms with van der Waals surface area (Å²) in [4.78, 5) is 17.9. The lowest BCUT2D eigenvalue weighted by molar-refractivity contribution is 0.0990. The van der Waals surface area contributed by atoms with Gasteiger partial charge >= 0.3 is 0 Å². The molecule has 3 nitrogen and oxygen atoms in total. The van der Waals surface area contributed by atoms with Crippen LogP contribution in [0.15, 0.2) is 36.7 Å². The first-order valence-corrected chi connectivity index (χ1v) is 6.73. The summed E-state index contributed by atoms with van der Waals surface area (Å²) in [5.74, 6) is -0.624. The van der Waals surface area contributed by atoms with Crippen molar-refractivity contribution in [1.82, 2.24) is 4.98 Å². The number of amides is 1. The van der Waals surface area contributed by atoms with Gasteiger partial charge in [-0.1, -0.05) is 24.6 Å². The van der Waals surface area contributed by atoms with E-state index < -0.39 is 5.82 Å². The van der Waals surface area contributed by atoms with Crippen molar-refractivity contribution >= 4 is 23.2 Å². The number of aromatic nitrogens is 1. The minimum absolute atomic E-state index is 0.113. The average Bonchev–Trinajstić information content (AvgIpc) is 2.71. The molecule has 0 saturated carbocycles. The van der Waals surface area contributed by atoms with Gasteiger partial charge in [-0.2, -0.15) is 0 Å². The second kappa shape index (κ2) is 4.87. The maximum Gasteiger partial charge on any atom is 0.259 e. The molecule has 102 valence electrons. The average molecular weight is 291 g/mol. The molecule has 2 aromatic rings. The van der Waals surface area contributed by atoms with Crippen molar-refractivity contribution in [2.75, 3.05) is 4.90 Å². The van der Waals surface area contributed by atoms with Gasteiger partial charge in [0.15, 0.2) is 0 Å². The van der Waals surface area contributed by atoms with Crippen molar-refractivity contribution in [2.45, 2.75) is 19.4 Å². The monoisotopic (exact) mass is 290 g/mol. The molecular weight excluding hydrogens is 279 g/mol. The fraction of sp³-hybridized carbons (Fsp3) is 0.200. The topological polar surface area (TPSA) is 33.2 Å². The highest BCUT2D eigenvalue weighted by atomic mass is 35.5. The number of rotatable bonds is 2. The molecule has 1 aliphatic heterocycles. The van der Waals surface area contributed by atoms with E-state index in [1.807, 2.05) is 13.0 Å². The van der Waals surface area contributed by atoms with Crippen LogP contribution < -0.4 is 4.90 Å². The Kier molecular flexibility index (Phi) is 3.18. The normalized spacial score (nSPS) is 17.4. The van der Waals surface area contributed by atoms with Crippen LogP contribution in [0.25, 0.3) is 0 Å². The van der Waals surface area contributed by atoms with Crippen LogP contribution in [-0.2, 0) is 0 Å². The summed E-state index contributed by atoms with van der Waals surface area (Å²) in [6.07, 6.45) is 3.35. The van der Waals surface area contributed by atoms with E-state index in [1.54, 1.807) is 17.0 Å². The largest absolute Gasteiger partial charge is 0.299 e. The van der Waals surface area contributed by atoms with Crippen LogP contribution in [0.1, 0.15) is 35.3 Å². The van der Waals surface area contributed by atoms with Gasteiger partial charge in [-0.25, -0.2) is 4.39 Å². The van der Waals surface area contributed by atoms with Gasteiger partial charge in [0.2, 0.25) is 0 Å². The van der Waals surface area contributed by atoms with Crippen LogP contribution in [0.3, 0.4) is 0 Å². The number of nitrogens with zero attached hydrogens (tertiary/aromatic N) is 2. The molecule has 0 aliphatic carbocycles. The lowest BCUT2D eigenvalue weighted by Crippen LogP contribution is -2.27. The summed E-state index contributed by atoms with van der Waals surface area (Å²) < 4.78 is 13.4. The maximum atomic E-state index is 13.4. The second-order valence-corrected chi connectivity index (χ2v) is 5.13. The Labute approximate surface area is 121 Å². The fourth-order valence-corrected chi connectivity index (χ4v) is 2.82. The zero-order chi connectivity index (χ0) is 14.3. The smallest absolute Gasteiger partial charge is 0.259 e. The van der Waals surface area contributed by atoms with Gasteiger partial charge < -0.3 is 0 Å². The van der Waals surface area contributed by atoms with Gasteiger partial charge in [0.25, 0.3) is 5.91 Å². The number of benzene rings is 1. The zero-order valence-corrected chi connectivity index (χ0v) is 11.6. The van der Waals surface area contributed by atoms with E-state index in [1.165, 1.54) is 12.3 Å². The molecule has 0 saturated heterocycles. The zero-order valence-electron chi connectivity index (χ0n) is 10.8. The Hall–Kier alpha value is -1.94. The van der Waals surface area contributed by atoms with E-state index in [2.05, 4.69) is 4.98 Å². The Morgan fingerprint density at radius 1 is 1.35 bits per heavy atom. The van der Waals surface area contributed by atoms with Gasteiger partial charge in [0.05, 0.1) is 24.1 Å².